The van der Waals surface area contributed by atoms with Crippen molar-refractivity contribution in [3.63, 3.8) is 0 Å². The Bertz CT molecular complexity index is 914. The normalized spacial score (nSPS) is 12.1. The van der Waals surface area contributed by atoms with Crippen LogP contribution in [0.1, 0.15) is 24.0 Å². The fourth-order valence-electron chi connectivity index (χ4n) is 3.22. The van der Waals surface area contributed by atoms with E-state index in [1.807, 2.05) is 48.1 Å². The van der Waals surface area contributed by atoms with Gasteiger partial charge in [0, 0.05) is 41.5 Å². The molecule has 5 nitrogen and oxygen atoms in total. The van der Waals surface area contributed by atoms with E-state index in [1.165, 1.54) is 0 Å². The zero-order valence-electron chi connectivity index (χ0n) is 14.7. The molecule has 130 valence electrons. The fraction of sp³-hybridized carbons (Fsp3) is 0.250. The topological polar surface area (TPSA) is 66.5 Å². The highest BCUT2D eigenvalue weighted by Gasteiger charge is 2.30. The summed E-state index contributed by atoms with van der Waals surface area (Å²) in [5.41, 5.74) is 9.14. The summed E-state index contributed by atoms with van der Waals surface area (Å²) in [6.07, 6.45) is 1.97. The van der Waals surface area contributed by atoms with Gasteiger partial charge in [0.15, 0.2) is 0 Å². The Labute approximate surface area is 147 Å². The van der Waals surface area contributed by atoms with Gasteiger partial charge in [-0.05, 0) is 24.6 Å². The predicted molar refractivity (Wildman–Crippen MR) is 98.8 cm³/mol. The monoisotopic (exact) mass is 338 g/mol. The molecule has 0 aliphatic carbocycles. The molecule has 1 atom stereocenters. The molecule has 2 N–H and O–H groups in total. The molecule has 5 heteroatoms. The van der Waals surface area contributed by atoms with Gasteiger partial charge in [-0.15, -0.1) is 0 Å². The Morgan fingerprint density at radius 3 is 2.68 bits per heavy atom. The number of fused-ring (bicyclic) bond motifs is 1. The minimum atomic E-state index is -0.582. The molecule has 0 spiro atoms. The first-order valence-corrected chi connectivity index (χ1v) is 8.20. The number of ether oxygens (including phenoxy) is 2. The summed E-state index contributed by atoms with van der Waals surface area (Å²) in [5, 5.41) is 1.02. The number of hydrogen-bond donors (Lipinski definition) is 1. The third-order valence-corrected chi connectivity index (χ3v) is 4.33. The van der Waals surface area contributed by atoms with E-state index in [2.05, 4.69) is 0 Å². The van der Waals surface area contributed by atoms with Gasteiger partial charge in [0.2, 0.25) is 0 Å². The van der Waals surface area contributed by atoms with E-state index in [0.717, 1.165) is 22.0 Å². The number of para-hydroxylation sites is 1. The molecule has 0 radical (unpaired) electrons. The van der Waals surface area contributed by atoms with Crippen LogP contribution in [0.4, 0.5) is 5.69 Å². The summed E-state index contributed by atoms with van der Waals surface area (Å²) in [6.45, 7) is 2.12. The van der Waals surface area contributed by atoms with Crippen LogP contribution in [0.3, 0.4) is 0 Å². The number of nitrogens with two attached hydrogens (primary N) is 1. The molecule has 3 aromatic rings. The third-order valence-electron chi connectivity index (χ3n) is 4.33. The summed E-state index contributed by atoms with van der Waals surface area (Å²) in [5.74, 6) is -0.311. The lowest BCUT2D eigenvalue weighted by Gasteiger charge is -2.19. The van der Waals surface area contributed by atoms with Gasteiger partial charge >= 0.3 is 5.97 Å². The second-order valence-electron chi connectivity index (χ2n) is 5.90. The van der Waals surface area contributed by atoms with Gasteiger partial charge in [-0.3, -0.25) is 4.79 Å². The van der Waals surface area contributed by atoms with Crippen molar-refractivity contribution in [3.05, 3.63) is 59.8 Å². The van der Waals surface area contributed by atoms with Crippen LogP contribution in [-0.2, 0) is 16.6 Å². The number of nitrogens with zero attached hydrogens (tertiary/aromatic N) is 1. The van der Waals surface area contributed by atoms with Gasteiger partial charge in [-0.25, -0.2) is 0 Å². The van der Waals surface area contributed by atoms with Crippen molar-refractivity contribution in [1.29, 1.82) is 0 Å². The van der Waals surface area contributed by atoms with Crippen LogP contribution in [0.5, 0.6) is 5.75 Å². The molecule has 0 aliphatic rings. The summed E-state index contributed by atoms with van der Waals surface area (Å²) >= 11 is 0. The second-order valence-corrected chi connectivity index (χ2v) is 5.90. The maximum Gasteiger partial charge on any atom is 0.318 e. The van der Waals surface area contributed by atoms with Crippen LogP contribution in [0, 0.1) is 0 Å². The van der Waals surface area contributed by atoms with Crippen molar-refractivity contribution in [2.75, 3.05) is 19.5 Å². The molecule has 1 aromatic heterocycles. The molecular weight excluding hydrogens is 316 g/mol. The number of hydrogen-bond acceptors (Lipinski definition) is 4. The number of benzene rings is 2. The molecule has 0 amide bonds. The minimum Gasteiger partial charge on any atom is -0.496 e. The summed E-state index contributed by atoms with van der Waals surface area (Å²) < 4.78 is 12.9. The average Bonchev–Trinajstić information content (AvgIpc) is 2.94. The number of anilines is 1. The Balaban J connectivity index is 2.24. The minimum absolute atomic E-state index is 0.304. The largest absolute Gasteiger partial charge is 0.496 e. The van der Waals surface area contributed by atoms with E-state index >= 15 is 0 Å². The van der Waals surface area contributed by atoms with Crippen LogP contribution in [-0.4, -0.2) is 24.3 Å². The van der Waals surface area contributed by atoms with Crippen LogP contribution in [0.25, 0.3) is 10.9 Å². The summed E-state index contributed by atoms with van der Waals surface area (Å²) in [6, 6.07) is 13.3. The number of carbonyl (C=O) groups is 1. The lowest BCUT2D eigenvalue weighted by Crippen LogP contribution is -2.18. The SMILES string of the molecule is CCOC(=O)C(c1ccc(N)cc1OC)c1cn(C)c2ccccc12. The molecule has 0 saturated carbocycles. The zero-order chi connectivity index (χ0) is 18.0. The highest BCUT2D eigenvalue weighted by atomic mass is 16.5. The zero-order valence-corrected chi connectivity index (χ0v) is 14.7. The molecule has 0 aliphatic heterocycles. The van der Waals surface area contributed by atoms with Gasteiger partial charge in [-0.1, -0.05) is 24.3 Å². The summed E-state index contributed by atoms with van der Waals surface area (Å²) in [4.78, 5) is 12.8. The van der Waals surface area contributed by atoms with Crippen LogP contribution in [0.2, 0.25) is 0 Å². The predicted octanol–water partition coefficient (Wildman–Crippen LogP) is 3.46. The third kappa shape index (κ3) is 3.05. The van der Waals surface area contributed by atoms with Gasteiger partial charge < -0.3 is 19.8 Å². The summed E-state index contributed by atoms with van der Waals surface area (Å²) in [7, 11) is 3.54. The molecule has 1 heterocycles. The van der Waals surface area contributed by atoms with Crippen LogP contribution < -0.4 is 10.5 Å². The molecule has 25 heavy (non-hydrogen) atoms. The van der Waals surface area contributed by atoms with Gasteiger partial charge in [0.05, 0.1) is 13.7 Å². The number of nitrogen functional groups attached to an aromatic ring is 1. The second kappa shape index (κ2) is 6.89. The molecule has 0 saturated heterocycles. The number of aromatic nitrogens is 1. The number of esters is 1. The Morgan fingerprint density at radius 1 is 1.20 bits per heavy atom. The number of carbonyl (C=O) groups excluding carboxylic acids is 1. The standard InChI is InChI=1S/C20H22N2O3/c1-4-25-20(23)19(15-10-9-13(21)11-18(15)24-3)16-12-22(2)17-8-6-5-7-14(16)17/h5-12,19H,4,21H2,1-3H3. The van der Waals surface area contributed by atoms with Crippen molar-refractivity contribution >= 4 is 22.6 Å². The molecule has 1 unspecified atom stereocenters. The Hall–Kier alpha value is -2.95. The Kier molecular flexibility index (Phi) is 4.65. The molecule has 0 bridgehead atoms. The maximum atomic E-state index is 12.8. The Morgan fingerprint density at radius 2 is 1.96 bits per heavy atom. The molecule has 2 aromatic carbocycles. The van der Waals surface area contributed by atoms with Crippen molar-refractivity contribution in [2.24, 2.45) is 7.05 Å². The molecule has 0 fully saturated rings. The van der Waals surface area contributed by atoms with Gasteiger partial charge in [0.25, 0.3) is 0 Å². The number of rotatable bonds is 5. The molecular formula is C20H22N2O3. The van der Waals surface area contributed by atoms with E-state index in [9.17, 15) is 4.79 Å². The van der Waals surface area contributed by atoms with Gasteiger partial charge in [-0.2, -0.15) is 0 Å². The maximum absolute atomic E-state index is 12.8. The average molecular weight is 338 g/mol. The van der Waals surface area contributed by atoms with Crippen LogP contribution >= 0.6 is 0 Å². The van der Waals surface area contributed by atoms with Crippen molar-refractivity contribution in [2.45, 2.75) is 12.8 Å². The molecule has 3 rings (SSSR count). The number of aryl methyl sites for hydroxylation is 1. The van der Waals surface area contributed by atoms with Crippen molar-refractivity contribution in [3.8, 4) is 5.75 Å². The van der Waals surface area contributed by atoms with Crippen molar-refractivity contribution < 1.29 is 14.3 Å². The first kappa shape index (κ1) is 16.9. The van der Waals surface area contributed by atoms with Gasteiger partial charge in [0.1, 0.15) is 11.7 Å². The lowest BCUT2D eigenvalue weighted by molar-refractivity contribution is -0.143. The first-order chi connectivity index (χ1) is 12.1. The van der Waals surface area contributed by atoms with E-state index < -0.39 is 5.92 Å². The van der Waals surface area contributed by atoms with E-state index in [1.54, 1.807) is 26.2 Å². The van der Waals surface area contributed by atoms with Crippen LogP contribution in [0.15, 0.2) is 48.7 Å². The smallest absolute Gasteiger partial charge is 0.318 e. The fourth-order valence-corrected chi connectivity index (χ4v) is 3.22. The highest BCUT2D eigenvalue weighted by Crippen LogP contribution is 2.38. The highest BCUT2D eigenvalue weighted by molar-refractivity contribution is 5.93. The quantitative estimate of drug-likeness (QED) is 0.571. The number of methoxy groups -OCH3 is 1. The van der Waals surface area contributed by atoms with E-state index in [0.29, 0.717) is 18.0 Å². The lowest BCUT2D eigenvalue weighted by atomic mass is 9.90. The van der Waals surface area contributed by atoms with Crippen molar-refractivity contribution in [1.82, 2.24) is 4.57 Å². The first-order valence-electron chi connectivity index (χ1n) is 8.20. The van der Waals surface area contributed by atoms with E-state index in [-0.39, 0.29) is 5.97 Å². The van der Waals surface area contributed by atoms with E-state index in [4.69, 9.17) is 15.2 Å².